The number of amides is 2. The Bertz CT molecular complexity index is 672. The summed E-state index contributed by atoms with van der Waals surface area (Å²) in [6.07, 6.45) is 2.01. The van der Waals surface area contributed by atoms with Gasteiger partial charge in [0.15, 0.2) is 0 Å². The van der Waals surface area contributed by atoms with Gasteiger partial charge >= 0.3 is 6.03 Å². The van der Waals surface area contributed by atoms with Crippen molar-refractivity contribution in [2.24, 2.45) is 0 Å². The molecule has 1 aliphatic rings. The SMILES string of the molecule is O=C(NC(c1ccccc1)c1ccc(Cl)cc1)N(CCO)C1CC1. The molecule has 1 fully saturated rings. The normalized spacial score (nSPS) is 14.9. The number of halogens is 1. The van der Waals surface area contributed by atoms with Crippen LogP contribution in [-0.2, 0) is 0 Å². The molecule has 2 amide bonds. The average Bonchev–Trinajstić information content (AvgIpc) is 3.44. The summed E-state index contributed by atoms with van der Waals surface area (Å²) in [5.41, 5.74) is 1.98. The Balaban J connectivity index is 1.84. The van der Waals surface area contributed by atoms with Crippen LogP contribution in [0.25, 0.3) is 0 Å². The van der Waals surface area contributed by atoms with E-state index in [0.29, 0.717) is 11.6 Å². The lowest BCUT2D eigenvalue weighted by Gasteiger charge is -2.26. The highest BCUT2D eigenvalue weighted by Crippen LogP contribution is 2.28. The van der Waals surface area contributed by atoms with Crippen molar-refractivity contribution >= 4 is 17.6 Å². The predicted octanol–water partition coefficient (Wildman–Crippen LogP) is 3.60. The van der Waals surface area contributed by atoms with Crippen molar-refractivity contribution in [3.05, 3.63) is 70.7 Å². The van der Waals surface area contributed by atoms with Crippen molar-refractivity contribution in [1.29, 1.82) is 0 Å². The largest absolute Gasteiger partial charge is 0.395 e. The molecule has 1 atom stereocenters. The number of carbonyl (C=O) groups excluding carboxylic acids is 1. The molecule has 2 N–H and O–H groups in total. The standard InChI is InChI=1S/C19H21ClN2O2/c20-16-8-6-15(7-9-16)18(14-4-2-1-3-5-14)21-19(24)22(12-13-23)17-10-11-17/h1-9,17-18,23H,10-13H2,(H,21,24). The number of nitrogens with zero attached hydrogens (tertiary/aromatic N) is 1. The van der Waals surface area contributed by atoms with Gasteiger partial charge in [-0.05, 0) is 36.1 Å². The second-order valence-electron chi connectivity index (χ2n) is 5.99. The molecule has 0 heterocycles. The Hall–Kier alpha value is -2.04. The molecule has 0 aromatic heterocycles. The van der Waals surface area contributed by atoms with Gasteiger partial charge in [-0.1, -0.05) is 54.1 Å². The molecule has 126 valence electrons. The molecule has 2 aromatic carbocycles. The lowest BCUT2D eigenvalue weighted by molar-refractivity contribution is 0.172. The molecule has 4 nitrogen and oxygen atoms in total. The van der Waals surface area contributed by atoms with Gasteiger partial charge in [0.05, 0.1) is 12.6 Å². The topological polar surface area (TPSA) is 52.6 Å². The van der Waals surface area contributed by atoms with Gasteiger partial charge in [-0.2, -0.15) is 0 Å². The van der Waals surface area contributed by atoms with E-state index in [1.807, 2.05) is 54.6 Å². The molecule has 0 spiro atoms. The summed E-state index contributed by atoms with van der Waals surface area (Å²) in [5.74, 6) is 0. The fourth-order valence-corrected chi connectivity index (χ4v) is 2.94. The van der Waals surface area contributed by atoms with Crippen molar-refractivity contribution < 1.29 is 9.90 Å². The molecular formula is C19H21ClN2O2. The summed E-state index contributed by atoms with van der Waals surface area (Å²) in [7, 11) is 0. The van der Waals surface area contributed by atoms with E-state index in [2.05, 4.69) is 5.32 Å². The first-order valence-corrected chi connectivity index (χ1v) is 8.55. The Morgan fingerprint density at radius 3 is 2.33 bits per heavy atom. The monoisotopic (exact) mass is 344 g/mol. The lowest BCUT2D eigenvalue weighted by Crippen LogP contribution is -2.44. The first kappa shape index (κ1) is 16.8. The van der Waals surface area contributed by atoms with Crippen LogP contribution in [-0.4, -0.2) is 35.2 Å². The predicted molar refractivity (Wildman–Crippen MR) is 95.1 cm³/mol. The quantitative estimate of drug-likeness (QED) is 0.841. The zero-order valence-electron chi connectivity index (χ0n) is 13.4. The maximum Gasteiger partial charge on any atom is 0.318 e. The molecule has 2 aromatic rings. The minimum atomic E-state index is -0.254. The lowest BCUT2D eigenvalue weighted by atomic mass is 9.99. The van der Waals surface area contributed by atoms with E-state index in [0.717, 1.165) is 24.0 Å². The van der Waals surface area contributed by atoms with Gasteiger partial charge in [-0.15, -0.1) is 0 Å². The van der Waals surface area contributed by atoms with Gasteiger partial charge in [-0.25, -0.2) is 4.79 Å². The Morgan fingerprint density at radius 1 is 1.12 bits per heavy atom. The minimum absolute atomic E-state index is 0.0269. The van der Waals surface area contributed by atoms with E-state index in [1.54, 1.807) is 4.90 Å². The van der Waals surface area contributed by atoms with E-state index >= 15 is 0 Å². The summed E-state index contributed by atoms with van der Waals surface area (Å²) < 4.78 is 0. The number of benzene rings is 2. The second kappa shape index (κ2) is 7.69. The van der Waals surface area contributed by atoms with Crippen molar-refractivity contribution in [3.63, 3.8) is 0 Å². The van der Waals surface area contributed by atoms with Crippen molar-refractivity contribution in [2.45, 2.75) is 24.9 Å². The van der Waals surface area contributed by atoms with Gasteiger partial charge in [0, 0.05) is 17.6 Å². The van der Waals surface area contributed by atoms with Gasteiger partial charge in [-0.3, -0.25) is 0 Å². The van der Waals surface area contributed by atoms with Gasteiger partial charge in [0.1, 0.15) is 0 Å². The number of hydrogen-bond acceptors (Lipinski definition) is 2. The van der Waals surface area contributed by atoms with E-state index < -0.39 is 0 Å². The first-order valence-electron chi connectivity index (χ1n) is 8.17. The fraction of sp³-hybridized carbons (Fsp3) is 0.316. The smallest absolute Gasteiger partial charge is 0.318 e. The molecule has 0 saturated heterocycles. The van der Waals surface area contributed by atoms with Crippen LogP contribution in [0.3, 0.4) is 0 Å². The maximum atomic E-state index is 12.7. The molecule has 0 radical (unpaired) electrons. The molecule has 1 aliphatic carbocycles. The van der Waals surface area contributed by atoms with Gasteiger partial charge < -0.3 is 15.3 Å². The molecule has 0 bridgehead atoms. The zero-order chi connectivity index (χ0) is 16.9. The summed E-state index contributed by atoms with van der Waals surface area (Å²) >= 11 is 5.99. The van der Waals surface area contributed by atoms with Crippen molar-refractivity contribution in [2.75, 3.05) is 13.2 Å². The van der Waals surface area contributed by atoms with E-state index in [4.69, 9.17) is 11.6 Å². The van der Waals surface area contributed by atoms with Crippen LogP contribution < -0.4 is 5.32 Å². The van der Waals surface area contributed by atoms with E-state index in [9.17, 15) is 9.90 Å². The fourth-order valence-electron chi connectivity index (χ4n) is 2.81. The highest BCUT2D eigenvalue weighted by molar-refractivity contribution is 6.30. The van der Waals surface area contributed by atoms with E-state index in [-0.39, 0.29) is 24.7 Å². The number of rotatable bonds is 6. The molecule has 1 unspecified atom stereocenters. The molecule has 3 rings (SSSR count). The summed E-state index contributed by atoms with van der Waals surface area (Å²) in [4.78, 5) is 14.4. The Labute approximate surface area is 147 Å². The number of aliphatic hydroxyl groups excluding tert-OH is 1. The third kappa shape index (κ3) is 4.08. The first-order chi connectivity index (χ1) is 11.7. The number of aliphatic hydroxyl groups is 1. The maximum absolute atomic E-state index is 12.7. The molecule has 24 heavy (non-hydrogen) atoms. The number of hydrogen-bond donors (Lipinski definition) is 2. The van der Waals surface area contributed by atoms with Gasteiger partial charge in [0.2, 0.25) is 0 Å². The number of nitrogens with one attached hydrogen (secondary N) is 1. The van der Waals surface area contributed by atoms with Crippen LogP contribution in [0, 0.1) is 0 Å². The Kier molecular flexibility index (Phi) is 5.38. The highest BCUT2D eigenvalue weighted by Gasteiger charge is 2.33. The molecular weight excluding hydrogens is 324 g/mol. The second-order valence-corrected chi connectivity index (χ2v) is 6.43. The Morgan fingerprint density at radius 2 is 1.75 bits per heavy atom. The summed E-state index contributed by atoms with van der Waals surface area (Å²) in [5, 5.41) is 13.0. The summed E-state index contributed by atoms with van der Waals surface area (Å²) in [6.45, 7) is 0.333. The van der Waals surface area contributed by atoms with Crippen LogP contribution in [0.2, 0.25) is 5.02 Å². The van der Waals surface area contributed by atoms with Crippen LogP contribution in [0.4, 0.5) is 4.79 Å². The zero-order valence-corrected chi connectivity index (χ0v) is 14.1. The van der Waals surface area contributed by atoms with E-state index in [1.165, 1.54) is 0 Å². The van der Waals surface area contributed by atoms with Crippen LogP contribution >= 0.6 is 11.6 Å². The van der Waals surface area contributed by atoms with Crippen molar-refractivity contribution in [3.8, 4) is 0 Å². The third-order valence-electron chi connectivity index (χ3n) is 4.19. The summed E-state index contributed by atoms with van der Waals surface area (Å²) in [6, 6.07) is 17.2. The minimum Gasteiger partial charge on any atom is -0.395 e. The van der Waals surface area contributed by atoms with Crippen molar-refractivity contribution in [1.82, 2.24) is 10.2 Å². The molecule has 0 aliphatic heterocycles. The third-order valence-corrected chi connectivity index (χ3v) is 4.45. The highest BCUT2D eigenvalue weighted by atomic mass is 35.5. The number of urea groups is 1. The van der Waals surface area contributed by atoms with Gasteiger partial charge in [0.25, 0.3) is 0 Å². The van der Waals surface area contributed by atoms with Crippen LogP contribution in [0.1, 0.15) is 30.0 Å². The van der Waals surface area contributed by atoms with Crippen LogP contribution in [0.5, 0.6) is 0 Å². The van der Waals surface area contributed by atoms with Crippen LogP contribution in [0.15, 0.2) is 54.6 Å². The molecule has 1 saturated carbocycles. The molecule has 5 heteroatoms. The number of carbonyl (C=O) groups is 1. The average molecular weight is 345 g/mol.